The van der Waals surface area contributed by atoms with Crippen LogP contribution < -0.4 is 5.32 Å². The summed E-state index contributed by atoms with van der Waals surface area (Å²) in [4.78, 5) is 12.1. The summed E-state index contributed by atoms with van der Waals surface area (Å²) in [5.41, 5.74) is 1.37. The van der Waals surface area contributed by atoms with Crippen molar-refractivity contribution < 1.29 is 9.18 Å². The molecule has 0 saturated heterocycles. The van der Waals surface area contributed by atoms with Gasteiger partial charge in [-0.15, -0.1) is 10.2 Å². The Kier molecular flexibility index (Phi) is 5.44. The molecule has 0 saturated carbocycles. The Morgan fingerprint density at radius 3 is 2.75 bits per heavy atom. The summed E-state index contributed by atoms with van der Waals surface area (Å²) < 4.78 is 13.8. The topological polar surface area (TPSA) is 54.9 Å². The second-order valence-electron chi connectivity index (χ2n) is 4.73. The molecule has 0 bridgehead atoms. The smallest absolute Gasteiger partial charge is 0.259 e. The van der Waals surface area contributed by atoms with Crippen LogP contribution in [-0.4, -0.2) is 16.1 Å². The van der Waals surface area contributed by atoms with Crippen molar-refractivity contribution in [3.8, 4) is 0 Å². The summed E-state index contributed by atoms with van der Waals surface area (Å²) in [6.07, 6.45) is 0. The molecule has 8 heteroatoms. The Morgan fingerprint density at radius 2 is 2.00 bits per heavy atom. The molecule has 3 rings (SSSR count). The molecule has 3 aromatic rings. The SMILES string of the molecule is O=C(Nc1nnc(SCc2ccccc2)s1)c1ccc(F)cc1Cl. The number of halogens is 2. The first-order valence-corrected chi connectivity index (χ1v) is 9.06. The van der Waals surface area contributed by atoms with Crippen molar-refractivity contribution in [1.29, 1.82) is 0 Å². The van der Waals surface area contributed by atoms with Gasteiger partial charge in [-0.1, -0.05) is 65.0 Å². The molecule has 122 valence electrons. The lowest BCUT2D eigenvalue weighted by Crippen LogP contribution is -2.12. The van der Waals surface area contributed by atoms with E-state index >= 15 is 0 Å². The van der Waals surface area contributed by atoms with Crippen LogP contribution in [0.1, 0.15) is 15.9 Å². The van der Waals surface area contributed by atoms with Gasteiger partial charge in [-0.25, -0.2) is 4.39 Å². The molecule has 1 aromatic heterocycles. The number of aromatic nitrogens is 2. The number of rotatable bonds is 5. The molecule has 24 heavy (non-hydrogen) atoms. The van der Waals surface area contributed by atoms with Gasteiger partial charge in [0.05, 0.1) is 10.6 Å². The number of nitrogens with zero attached hydrogens (tertiary/aromatic N) is 2. The number of thioether (sulfide) groups is 1. The second kappa shape index (κ2) is 7.74. The molecular formula is C16H11ClFN3OS2. The molecule has 1 amide bonds. The molecule has 1 N–H and O–H groups in total. The first-order valence-electron chi connectivity index (χ1n) is 6.88. The maximum atomic E-state index is 13.0. The van der Waals surface area contributed by atoms with Gasteiger partial charge in [-0.2, -0.15) is 0 Å². The predicted molar refractivity (Wildman–Crippen MR) is 95.3 cm³/mol. The van der Waals surface area contributed by atoms with Gasteiger partial charge in [0.2, 0.25) is 5.13 Å². The third kappa shape index (κ3) is 4.31. The quantitative estimate of drug-likeness (QED) is 0.507. The Bertz CT molecular complexity index is 858. The number of carbonyl (C=O) groups excluding carboxylic acids is 1. The van der Waals surface area contributed by atoms with Crippen molar-refractivity contribution in [1.82, 2.24) is 10.2 Å². The van der Waals surface area contributed by atoms with E-state index in [4.69, 9.17) is 11.6 Å². The predicted octanol–water partition coefficient (Wildman–Crippen LogP) is 4.88. The Morgan fingerprint density at radius 1 is 1.21 bits per heavy atom. The standard InChI is InChI=1S/C16H11ClFN3OS2/c17-13-8-11(18)6-7-12(13)14(22)19-15-20-21-16(24-15)23-9-10-4-2-1-3-5-10/h1-8H,9H2,(H,19,20,22). The number of hydrogen-bond donors (Lipinski definition) is 1. The zero-order valence-corrected chi connectivity index (χ0v) is 14.6. The minimum absolute atomic E-state index is 0.0516. The largest absolute Gasteiger partial charge is 0.296 e. The normalized spacial score (nSPS) is 10.6. The van der Waals surface area contributed by atoms with Crippen molar-refractivity contribution in [3.05, 3.63) is 70.5 Å². The van der Waals surface area contributed by atoms with Crippen LogP contribution in [0.15, 0.2) is 52.9 Å². The monoisotopic (exact) mass is 379 g/mol. The molecule has 0 spiro atoms. The number of anilines is 1. The van der Waals surface area contributed by atoms with Crippen LogP contribution in [-0.2, 0) is 5.75 Å². The summed E-state index contributed by atoms with van der Waals surface area (Å²) in [7, 11) is 0. The first-order chi connectivity index (χ1) is 11.6. The molecule has 2 aromatic carbocycles. The van der Waals surface area contributed by atoms with E-state index in [1.165, 1.54) is 29.0 Å². The van der Waals surface area contributed by atoms with Crippen LogP contribution >= 0.6 is 34.7 Å². The molecular weight excluding hydrogens is 369 g/mol. The van der Waals surface area contributed by atoms with Crippen LogP contribution in [0.5, 0.6) is 0 Å². The van der Waals surface area contributed by atoms with Gasteiger partial charge >= 0.3 is 0 Å². The average Bonchev–Trinajstić information content (AvgIpc) is 3.01. The third-order valence-electron chi connectivity index (χ3n) is 3.01. The molecule has 0 aliphatic heterocycles. The lowest BCUT2D eigenvalue weighted by atomic mass is 10.2. The van der Waals surface area contributed by atoms with Crippen molar-refractivity contribution >= 4 is 45.7 Å². The maximum Gasteiger partial charge on any atom is 0.259 e. The molecule has 0 atom stereocenters. The van der Waals surface area contributed by atoms with Crippen molar-refractivity contribution in [2.75, 3.05) is 5.32 Å². The van der Waals surface area contributed by atoms with Crippen LogP contribution in [0.25, 0.3) is 0 Å². The first kappa shape index (κ1) is 16.9. The molecule has 1 heterocycles. The summed E-state index contributed by atoms with van der Waals surface area (Å²) in [6, 6.07) is 13.6. The zero-order chi connectivity index (χ0) is 16.9. The number of benzene rings is 2. The van der Waals surface area contributed by atoms with E-state index in [1.54, 1.807) is 11.8 Å². The van der Waals surface area contributed by atoms with Crippen LogP contribution in [0.2, 0.25) is 5.02 Å². The molecule has 4 nitrogen and oxygen atoms in total. The van der Waals surface area contributed by atoms with E-state index in [0.717, 1.165) is 16.2 Å². The highest BCUT2D eigenvalue weighted by molar-refractivity contribution is 8.00. The highest BCUT2D eigenvalue weighted by Crippen LogP contribution is 2.29. The minimum atomic E-state index is -0.493. The van der Waals surface area contributed by atoms with Gasteiger partial charge in [0.1, 0.15) is 5.82 Å². The van der Waals surface area contributed by atoms with E-state index in [9.17, 15) is 9.18 Å². The van der Waals surface area contributed by atoms with Gasteiger partial charge in [0, 0.05) is 5.75 Å². The number of hydrogen-bond acceptors (Lipinski definition) is 5. The lowest BCUT2D eigenvalue weighted by Gasteiger charge is -2.03. The molecule has 0 aliphatic carbocycles. The molecule has 0 unspecified atom stereocenters. The van der Waals surface area contributed by atoms with E-state index < -0.39 is 11.7 Å². The number of nitrogens with one attached hydrogen (secondary N) is 1. The van der Waals surface area contributed by atoms with Crippen LogP contribution in [0.3, 0.4) is 0 Å². The van der Waals surface area contributed by atoms with Crippen LogP contribution in [0.4, 0.5) is 9.52 Å². The van der Waals surface area contributed by atoms with E-state index in [2.05, 4.69) is 15.5 Å². The van der Waals surface area contributed by atoms with Crippen LogP contribution in [0, 0.1) is 5.82 Å². The second-order valence-corrected chi connectivity index (χ2v) is 7.33. The highest BCUT2D eigenvalue weighted by Gasteiger charge is 2.14. The van der Waals surface area contributed by atoms with E-state index in [1.807, 2.05) is 30.3 Å². The average molecular weight is 380 g/mol. The summed E-state index contributed by atoms with van der Waals surface area (Å²) in [5.74, 6) is -0.171. The Hall–Kier alpha value is -1.96. The molecule has 0 fully saturated rings. The highest BCUT2D eigenvalue weighted by atomic mass is 35.5. The lowest BCUT2D eigenvalue weighted by molar-refractivity contribution is 0.102. The van der Waals surface area contributed by atoms with Gasteiger partial charge in [0.25, 0.3) is 5.91 Å². The fourth-order valence-corrected chi connectivity index (χ4v) is 3.83. The van der Waals surface area contributed by atoms with E-state index in [0.29, 0.717) is 5.13 Å². The van der Waals surface area contributed by atoms with Crippen molar-refractivity contribution in [3.63, 3.8) is 0 Å². The molecule has 0 aliphatic rings. The van der Waals surface area contributed by atoms with Gasteiger partial charge in [0.15, 0.2) is 4.34 Å². The van der Waals surface area contributed by atoms with Gasteiger partial charge in [-0.05, 0) is 23.8 Å². The third-order valence-corrected chi connectivity index (χ3v) is 5.36. The van der Waals surface area contributed by atoms with E-state index in [-0.39, 0.29) is 10.6 Å². The number of amides is 1. The molecule has 0 radical (unpaired) electrons. The minimum Gasteiger partial charge on any atom is -0.296 e. The summed E-state index contributed by atoms with van der Waals surface area (Å²) in [6.45, 7) is 0. The Balaban J connectivity index is 1.62. The summed E-state index contributed by atoms with van der Waals surface area (Å²) >= 11 is 8.69. The van der Waals surface area contributed by atoms with Gasteiger partial charge in [-0.3, -0.25) is 10.1 Å². The zero-order valence-electron chi connectivity index (χ0n) is 12.2. The maximum absolute atomic E-state index is 13.0. The van der Waals surface area contributed by atoms with Crippen molar-refractivity contribution in [2.24, 2.45) is 0 Å². The summed E-state index contributed by atoms with van der Waals surface area (Å²) in [5, 5.41) is 11.0. The fourth-order valence-electron chi connectivity index (χ4n) is 1.88. The fraction of sp³-hybridized carbons (Fsp3) is 0.0625. The van der Waals surface area contributed by atoms with Gasteiger partial charge < -0.3 is 0 Å². The van der Waals surface area contributed by atoms with Crippen molar-refractivity contribution in [2.45, 2.75) is 10.1 Å². The number of carbonyl (C=O) groups is 1. The Labute approximate surface area is 151 Å².